The van der Waals surface area contributed by atoms with Gasteiger partial charge in [-0.1, -0.05) is 49.9 Å². The first kappa shape index (κ1) is 21.6. The van der Waals surface area contributed by atoms with Gasteiger partial charge >= 0.3 is 0 Å². The third kappa shape index (κ3) is 5.75. The van der Waals surface area contributed by atoms with Gasteiger partial charge < -0.3 is 15.4 Å². The maximum atomic E-state index is 13.0. The van der Waals surface area contributed by atoms with E-state index in [4.69, 9.17) is 4.74 Å². The Labute approximate surface area is 187 Å². The molecule has 0 saturated heterocycles. The number of benzene rings is 2. The van der Waals surface area contributed by atoms with Crippen molar-refractivity contribution in [1.82, 2.24) is 15.1 Å². The molecule has 3 aromatic rings. The summed E-state index contributed by atoms with van der Waals surface area (Å²) in [5, 5.41) is 9.91. The van der Waals surface area contributed by atoms with Crippen molar-refractivity contribution in [3.05, 3.63) is 72.6 Å². The van der Waals surface area contributed by atoms with Crippen LogP contribution in [0.4, 0.5) is 5.69 Å². The highest BCUT2D eigenvalue weighted by Gasteiger charge is 2.27. The maximum absolute atomic E-state index is 13.0. The van der Waals surface area contributed by atoms with Crippen LogP contribution in [-0.4, -0.2) is 27.6 Å². The zero-order valence-electron chi connectivity index (χ0n) is 18.2. The van der Waals surface area contributed by atoms with E-state index in [1.165, 1.54) is 12.8 Å². The Morgan fingerprint density at radius 3 is 2.56 bits per heavy atom. The van der Waals surface area contributed by atoms with Gasteiger partial charge in [-0.05, 0) is 42.7 Å². The Morgan fingerprint density at radius 2 is 1.84 bits per heavy atom. The Kier molecular flexibility index (Phi) is 6.84. The number of rotatable bonds is 8. The van der Waals surface area contributed by atoms with E-state index >= 15 is 0 Å². The summed E-state index contributed by atoms with van der Waals surface area (Å²) >= 11 is 0. The van der Waals surface area contributed by atoms with Crippen LogP contribution in [0.15, 0.2) is 67.0 Å². The van der Waals surface area contributed by atoms with Gasteiger partial charge in [0.15, 0.2) is 0 Å². The van der Waals surface area contributed by atoms with E-state index in [1.807, 2.05) is 30.3 Å². The molecule has 1 aromatic heterocycles. The van der Waals surface area contributed by atoms with Gasteiger partial charge in [-0.3, -0.25) is 14.3 Å². The fraction of sp³-hybridized carbons (Fsp3) is 0.320. The van der Waals surface area contributed by atoms with E-state index in [1.54, 1.807) is 48.4 Å². The van der Waals surface area contributed by atoms with E-state index in [9.17, 15) is 9.59 Å². The second-order valence-electron chi connectivity index (χ2n) is 8.25. The number of hydrogen-bond donors (Lipinski definition) is 2. The summed E-state index contributed by atoms with van der Waals surface area (Å²) < 4.78 is 7.47. The lowest BCUT2D eigenvalue weighted by Crippen LogP contribution is -2.44. The number of aryl methyl sites for hydroxylation is 1. The highest BCUT2D eigenvalue weighted by molar-refractivity contribution is 6.01. The second-order valence-corrected chi connectivity index (χ2v) is 8.25. The summed E-state index contributed by atoms with van der Waals surface area (Å²) in [4.78, 5) is 26.0. The number of hydrogen-bond acceptors (Lipinski definition) is 4. The molecule has 1 unspecified atom stereocenters. The summed E-state index contributed by atoms with van der Waals surface area (Å²) in [5.41, 5.74) is 1.06. The Bertz CT molecular complexity index is 1060. The maximum Gasteiger partial charge on any atom is 0.252 e. The minimum atomic E-state index is -0.621. The van der Waals surface area contributed by atoms with Crippen LogP contribution in [0.25, 0.3) is 0 Å². The summed E-state index contributed by atoms with van der Waals surface area (Å²) in [5.74, 6) is 1.17. The fourth-order valence-corrected chi connectivity index (χ4v) is 4.09. The van der Waals surface area contributed by atoms with E-state index in [-0.39, 0.29) is 11.8 Å². The van der Waals surface area contributed by atoms with Gasteiger partial charge in [-0.2, -0.15) is 5.10 Å². The molecule has 7 nitrogen and oxygen atoms in total. The number of carbonyl (C=O) groups excluding carboxylic acids is 2. The smallest absolute Gasteiger partial charge is 0.252 e. The minimum absolute atomic E-state index is 0.227. The van der Waals surface area contributed by atoms with Crippen molar-refractivity contribution in [2.24, 2.45) is 13.0 Å². The van der Waals surface area contributed by atoms with Crippen LogP contribution in [-0.2, 0) is 11.8 Å². The van der Waals surface area contributed by atoms with Crippen LogP contribution in [0.1, 0.15) is 42.5 Å². The number of para-hydroxylation sites is 1. The largest absolute Gasteiger partial charge is 0.457 e. The molecule has 32 heavy (non-hydrogen) atoms. The lowest BCUT2D eigenvalue weighted by molar-refractivity contribution is -0.118. The van der Waals surface area contributed by atoms with Gasteiger partial charge in [0.1, 0.15) is 17.5 Å². The van der Waals surface area contributed by atoms with Crippen LogP contribution in [0, 0.1) is 5.92 Å². The highest BCUT2D eigenvalue weighted by atomic mass is 16.5. The van der Waals surface area contributed by atoms with Crippen molar-refractivity contribution in [2.75, 3.05) is 5.32 Å². The summed E-state index contributed by atoms with van der Waals surface area (Å²) in [6, 6.07) is 15.8. The average molecular weight is 433 g/mol. The molecule has 1 saturated carbocycles. The zero-order valence-corrected chi connectivity index (χ0v) is 18.2. The van der Waals surface area contributed by atoms with Crippen molar-refractivity contribution in [3.8, 4) is 11.5 Å². The molecule has 1 atom stereocenters. The topological polar surface area (TPSA) is 85.2 Å². The molecule has 166 valence electrons. The Balaban J connectivity index is 1.46. The first-order valence-corrected chi connectivity index (χ1v) is 11.0. The summed E-state index contributed by atoms with van der Waals surface area (Å²) in [6.45, 7) is 0. The molecule has 1 aliphatic carbocycles. The van der Waals surface area contributed by atoms with E-state index in [0.717, 1.165) is 12.8 Å². The monoisotopic (exact) mass is 432 g/mol. The first-order valence-electron chi connectivity index (χ1n) is 11.0. The Morgan fingerprint density at radius 1 is 1.09 bits per heavy atom. The summed E-state index contributed by atoms with van der Waals surface area (Å²) in [7, 11) is 1.79. The molecule has 0 radical (unpaired) electrons. The average Bonchev–Trinajstić information content (AvgIpc) is 3.45. The lowest BCUT2D eigenvalue weighted by atomic mass is 9.97. The van der Waals surface area contributed by atoms with Crippen LogP contribution >= 0.6 is 0 Å². The zero-order chi connectivity index (χ0) is 22.3. The van der Waals surface area contributed by atoms with Gasteiger partial charge in [-0.15, -0.1) is 0 Å². The lowest BCUT2D eigenvalue weighted by Gasteiger charge is -2.21. The molecule has 4 rings (SSSR count). The molecular weight excluding hydrogens is 404 g/mol. The molecule has 1 heterocycles. The SMILES string of the molecule is Cn1cc(NC(=O)C(CC2CCCC2)NC(=O)c2cccc(Oc3ccccc3)c2)cn1. The number of carbonyl (C=O) groups is 2. The van der Waals surface area contributed by atoms with Crippen LogP contribution < -0.4 is 15.4 Å². The minimum Gasteiger partial charge on any atom is -0.457 e. The first-order chi connectivity index (χ1) is 15.6. The van der Waals surface area contributed by atoms with Gasteiger partial charge in [0.25, 0.3) is 5.91 Å². The number of nitrogens with one attached hydrogen (secondary N) is 2. The normalized spacial score (nSPS) is 14.7. The van der Waals surface area contributed by atoms with Crippen molar-refractivity contribution >= 4 is 17.5 Å². The predicted octanol–water partition coefficient (Wildman–Crippen LogP) is 4.53. The molecule has 1 aliphatic rings. The molecule has 7 heteroatoms. The predicted molar refractivity (Wildman–Crippen MR) is 123 cm³/mol. The molecule has 0 bridgehead atoms. The fourth-order valence-electron chi connectivity index (χ4n) is 4.09. The Hall–Kier alpha value is -3.61. The van der Waals surface area contributed by atoms with Crippen LogP contribution in [0.2, 0.25) is 0 Å². The molecule has 2 amide bonds. The van der Waals surface area contributed by atoms with Crippen molar-refractivity contribution < 1.29 is 14.3 Å². The van der Waals surface area contributed by atoms with Crippen molar-refractivity contribution in [3.63, 3.8) is 0 Å². The standard InChI is InChI=1S/C25H28N4O3/c1-29-17-20(16-26-29)27-25(31)23(14-18-8-5-6-9-18)28-24(30)19-10-7-13-22(15-19)32-21-11-3-2-4-12-21/h2-4,7,10-13,15-18,23H,5-6,8-9,14H2,1H3,(H,27,31)(H,28,30). The third-order valence-corrected chi connectivity index (χ3v) is 5.71. The number of aromatic nitrogens is 2. The molecular formula is C25H28N4O3. The van der Waals surface area contributed by atoms with Gasteiger partial charge in [-0.25, -0.2) is 0 Å². The van der Waals surface area contributed by atoms with E-state index in [0.29, 0.717) is 35.1 Å². The van der Waals surface area contributed by atoms with Gasteiger partial charge in [0.05, 0.1) is 11.9 Å². The van der Waals surface area contributed by atoms with Gasteiger partial charge in [0.2, 0.25) is 5.91 Å². The van der Waals surface area contributed by atoms with E-state index < -0.39 is 6.04 Å². The van der Waals surface area contributed by atoms with E-state index in [2.05, 4.69) is 15.7 Å². The quantitative estimate of drug-likeness (QED) is 0.548. The van der Waals surface area contributed by atoms with Crippen LogP contribution in [0.5, 0.6) is 11.5 Å². The molecule has 2 aromatic carbocycles. The molecule has 2 N–H and O–H groups in total. The van der Waals surface area contributed by atoms with Crippen molar-refractivity contribution in [1.29, 1.82) is 0 Å². The van der Waals surface area contributed by atoms with Crippen LogP contribution in [0.3, 0.4) is 0 Å². The number of ether oxygens (including phenoxy) is 1. The molecule has 0 aliphatic heterocycles. The van der Waals surface area contributed by atoms with Crippen molar-refractivity contribution in [2.45, 2.75) is 38.1 Å². The summed E-state index contributed by atoms with van der Waals surface area (Å²) in [6.07, 6.45) is 8.48. The third-order valence-electron chi connectivity index (χ3n) is 5.71. The molecule has 0 spiro atoms. The number of nitrogens with zero attached hydrogens (tertiary/aromatic N) is 2. The highest BCUT2D eigenvalue weighted by Crippen LogP contribution is 2.29. The molecule has 1 fully saturated rings. The number of anilines is 1. The number of amides is 2. The van der Waals surface area contributed by atoms with Gasteiger partial charge in [0, 0.05) is 18.8 Å². The second kappa shape index (κ2) is 10.1.